The number of hydrogen-bond acceptors (Lipinski definition) is 2. The van der Waals surface area contributed by atoms with Crippen LogP contribution < -0.4 is 5.32 Å². The van der Waals surface area contributed by atoms with Gasteiger partial charge in [-0.1, -0.05) is 50.1 Å². The molecule has 21 heavy (non-hydrogen) atoms. The van der Waals surface area contributed by atoms with Gasteiger partial charge in [0, 0.05) is 19.0 Å². The largest absolute Gasteiger partial charge is 0.356 e. The van der Waals surface area contributed by atoms with E-state index in [4.69, 9.17) is 0 Å². The average molecular weight is 288 g/mol. The second kappa shape index (κ2) is 8.83. The molecule has 0 radical (unpaired) electrons. The third-order valence-electron chi connectivity index (χ3n) is 4.29. The lowest BCUT2D eigenvalue weighted by Crippen LogP contribution is -2.40. The summed E-state index contributed by atoms with van der Waals surface area (Å²) < 4.78 is 0. The number of unbranched alkanes of at least 4 members (excludes halogenated alkanes) is 2. The first-order chi connectivity index (χ1) is 10.3. The van der Waals surface area contributed by atoms with Gasteiger partial charge in [-0.2, -0.15) is 0 Å². The minimum atomic E-state index is 0.221. The fourth-order valence-corrected chi connectivity index (χ4v) is 2.93. The van der Waals surface area contributed by atoms with Gasteiger partial charge in [-0.15, -0.1) is 0 Å². The molecule has 0 atom stereocenters. The highest BCUT2D eigenvalue weighted by atomic mass is 16.1. The van der Waals surface area contributed by atoms with Crippen LogP contribution in [0.2, 0.25) is 0 Å². The van der Waals surface area contributed by atoms with Crippen molar-refractivity contribution in [2.24, 2.45) is 5.92 Å². The number of nitrogens with one attached hydrogen (secondary N) is 1. The molecule has 1 heterocycles. The van der Waals surface area contributed by atoms with E-state index in [0.29, 0.717) is 0 Å². The van der Waals surface area contributed by atoms with Crippen LogP contribution in [-0.4, -0.2) is 30.4 Å². The Balaban J connectivity index is 1.67. The lowest BCUT2D eigenvalue weighted by atomic mass is 9.95. The molecule has 1 aliphatic rings. The highest BCUT2D eigenvalue weighted by molar-refractivity contribution is 5.78. The molecule has 1 aromatic rings. The number of rotatable bonds is 7. The van der Waals surface area contributed by atoms with E-state index in [1.807, 2.05) is 0 Å². The fourth-order valence-electron chi connectivity index (χ4n) is 2.93. The quantitative estimate of drug-likeness (QED) is 0.781. The molecule has 1 fully saturated rings. The first-order valence-corrected chi connectivity index (χ1v) is 8.33. The molecule has 1 N–H and O–H groups in total. The van der Waals surface area contributed by atoms with Gasteiger partial charge in [-0.05, 0) is 37.9 Å². The summed E-state index contributed by atoms with van der Waals surface area (Å²) in [6.45, 7) is 6.09. The van der Waals surface area contributed by atoms with E-state index in [1.165, 1.54) is 18.4 Å². The van der Waals surface area contributed by atoms with E-state index in [-0.39, 0.29) is 11.8 Å². The maximum Gasteiger partial charge on any atom is 0.223 e. The summed E-state index contributed by atoms with van der Waals surface area (Å²) in [6, 6.07) is 10.6. The number of nitrogens with zero attached hydrogens (tertiary/aromatic N) is 1. The number of benzene rings is 1. The van der Waals surface area contributed by atoms with Crippen molar-refractivity contribution in [1.29, 1.82) is 0 Å². The van der Waals surface area contributed by atoms with Gasteiger partial charge in [-0.3, -0.25) is 9.69 Å². The second-order valence-electron chi connectivity index (χ2n) is 6.03. The number of likely N-dealkylation sites (tertiary alicyclic amines) is 1. The van der Waals surface area contributed by atoms with Crippen LogP contribution >= 0.6 is 0 Å². The fraction of sp³-hybridized carbons (Fsp3) is 0.611. The summed E-state index contributed by atoms with van der Waals surface area (Å²) in [6.07, 6.45) is 5.50. The number of carbonyl (C=O) groups is 1. The first kappa shape index (κ1) is 16.0. The van der Waals surface area contributed by atoms with Gasteiger partial charge in [0.25, 0.3) is 0 Å². The van der Waals surface area contributed by atoms with E-state index in [2.05, 4.69) is 47.5 Å². The zero-order valence-corrected chi connectivity index (χ0v) is 13.2. The minimum absolute atomic E-state index is 0.221. The predicted molar refractivity (Wildman–Crippen MR) is 87.0 cm³/mol. The lowest BCUT2D eigenvalue weighted by Gasteiger charge is -2.31. The molecule has 0 unspecified atom stereocenters. The predicted octanol–water partition coefficient (Wildman–Crippen LogP) is 3.21. The molecule has 1 amide bonds. The third-order valence-corrected chi connectivity index (χ3v) is 4.29. The molecule has 1 saturated heterocycles. The van der Waals surface area contributed by atoms with Gasteiger partial charge in [0.15, 0.2) is 0 Å². The van der Waals surface area contributed by atoms with Crippen molar-refractivity contribution in [3.63, 3.8) is 0 Å². The number of carbonyl (C=O) groups excluding carboxylic acids is 1. The van der Waals surface area contributed by atoms with E-state index in [1.54, 1.807) is 0 Å². The molecule has 1 aliphatic heterocycles. The highest BCUT2D eigenvalue weighted by Crippen LogP contribution is 2.19. The molecule has 3 nitrogen and oxygen atoms in total. The Morgan fingerprint density at radius 1 is 1.19 bits per heavy atom. The van der Waals surface area contributed by atoms with Crippen molar-refractivity contribution in [2.45, 2.75) is 45.6 Å². The van der Waals surface area contributed by atoms with Gasteiger partial charge < -0.3 is 5.32 Å². The van der Waals surface area contributed by atoms with E-state index >= 15 is 0 Å². The Hall–Kier alpha value is -1.35. The second-order valence-corrected chi connectivity index (χ2v) is 6.03. The van der Waals surface area contributed by atoms with Crippen molar-refractivity contribution in [2.75, 3.05) is 19.6 Å². The van der Waals surface area contributed by atoms with Crippen LogP contribution in [0.5, 0.6) is 0 Å². The van der Waals surface area contributed by atoms with Crippen LogP contribution in [0, 0.1) is 5.92 Å². The molecule has 116 valence electrons. The maximum atomic E-state index is 12.1. The maximum absolute atomic E-state index is 12.1. The van der Waals surface area contributed by atoms with Crippen LogP contribution in [0.3, 0.4) is 0 Å². The minimum Gasteiger partial charge on any atom is -0.356 e. The van der Waals surface area contributed by atoms with Gasteiger partial charge in [0.05, 0.1) is 0 Å². The Bertz CT molecular complexity index is 410. The van der Waals surface area contributed by atoms with Crippen LogP contribution in [0.1, 0.15) is 44.6 Å². The SMILES string of the molecule is CCCCCNC(=O)C1CCN(Cc2ccccc2)CC1. The standard InChI is InChI=1S/C18H28N2O/c1-2-3-7-12-19-18(21)17-10-13-20(14-11-17)15-16-8-5-4-6-9-16/h4-6,8-9,17H,2-3,7,10-15H2,1H3,(H,19,21). The van der Waals surface area contributed by atoms with Crippen LogP contribution in [0.25, 0.3) is 0 Å². The summed E-state index contributed by atoms with van der Waals surface area (Å²) in [5, 5.41) is 3.09. The summed E-state index contributed by atoms with van der Waals surface area (Å²) in [4.78, 5) is 14.6. The molecule has 0 spiro atoms. The van der Waals surface area contributed by atoms with E-state index < -0.39 is 0 Å². The molecular weight excluding hydrogens is 260 g/mol. The highest BCUT2D eigenvalue weighted by Gasteiger charge is 2.24. The van der Waals surface area contributed by atoms with Crippen molar-refractivity contribution in [3.05, 3.63) is 35.9 Å². The molecule has 1 aromatic carbocycles. The van der Waals surface area contributed by atoms with Gasteiger partial charge in [0.2, 0.25) is 5.91 Å². The topological polar surface area (TPSA) is 32.3 Å². The summed E-state index contributed by atoms with van der Waals surface area (Å²) in [7, 11) is 0. The number of piperidine rings is 1. The Kier molecular flexibility index (Phi) is 6.74. The number of hydrogen-bond donors (Lipinski definition) is 1. The van der Waals surface area contributed by atoms with Crippen LogP contribution in [0.4, 0.5) is 0 Å². The van der Waals surface area contributed by atoms with Crippen molar-refractivity contribution in [3.8, 4) is 0 Å². The van der Waals surface area contributed by atoms with Gasteiger partial charge >= 0.3 is 0 Å². The van der Waals surface area contributed by atoms with Gasteiger partial charge in [-0.25, -0.2) is 0 Å². The zero-order chi connectivity index (χ0) is 14.9. The van der Waals surface area contributed by atoms with Crippen LogP contribution in [-0.2, 0) is 11.3 Å². The van der Waals surface area contributed by atoms with Gasteiger partial charge in [0.1, 0.15) is 0 Å². The Labute approximate surface area is 128 Å². The van der Waals surface area contributed by atoms with Crippen LogP contribution in [0.15, 0.2) is 30.3 Å². The molecule has 2 rings (SSSR count). The Morgan fingerprint density at radius 2 is 1.90 bits per heavy atom. The van der Waals surface area contributed by atoms with Crippen molar-refractivity contribution < 1.29 is 4.79 Å². The normalized spacial score (nSPS) is 16.8. The molecule has 0 aliphatic carbocycles. The molecular formula is C18H28N2O. The van der Waals surface area contributed by atoms with Crippen molar-refractivity contribution >= 4 is 5.91 Å². The molecule has 0 aromatic heterocycles. The molecule has 3 heteroatoms. The summed E-state index contributed by atoms with van der Waals surface area (Å²) in [5.74, 6) is 0.490. The van der Waals surface area contributed by atoms with Crippen molar-refractivity contribution in [1.82, 2.24) is 10.2 Å². The lowest BCUT2D eigenvalue weighted by molar-refractivity contribution is -0.126. The zero-order valence-electron chi connectivity index (χ0n) is 13.2. The molecule has 0 saturated carbocycles. The first-order valence-electron chi connectivity index (χ1n) is 8.33. The monoisotopic (exact) mass is 288 g/mol. The molecule has 0 bridgehead atoms. The summed E-state index contributed by atoms with van der Waals surface area (Å²) >= 11 is 0. The average Bonchev–Trinajstić information content (AvgIpc) is 2.53. The summed E-state index contributed by atoms with van der Waals surface area (Å²) in [5.41, 5.74) is 1.36. The smallest absolute Gasteiger partial charge is 0.223 e. The van der Waals surface area contributed by atoms with E-state index in [0.717, 1.165) is 45.4 Å². The Morgan fingerprint density at radius 3 is 2.57 bits per heavy atom. The van der Waals surface area contributed by atoms with E-state index in [9.17, 15) is 4.79 Å². The third kappa shape index (κ3) is 5.50. The number of amides is 1.